The maximum atomic E-state index is 13.2. The molecule has 0 aliphatic carbocycles. The second-order valence-electron chi connectivity index (χ2n) is 9.95. The number of fused-ring (bicyclic) bond motifs is 2. The normalized spacial score (nSPS) is 20.8. The highest BCUT2D eigenvalue weighted by Gasteiger charge is 2.40. The van der Waals surface area contributed by atoms with Gasteiger partial charge in [0.15, 0.2) is 47.4 Å². The van der Waals surface area contributed by atoms with Gasteiger partial charge >= 0.3 is 0 Å². The summed E-state index contributed by atoms with van der Waals surface area (Å²) >= 11 is 0. The van der Waals surface area contributed by atoms with E-state index in [1.807, 2.05) is 30.3 Å². The molecular formula is C32H28O10. The van der Waals surface area contributed by atoms with Crippen molar-refractivity contribution in [3.8, 4) is 40.2 Å². The lowest BCUT2D eigenvalue weighted by Gasteiger charge is -2.35. The third kappa shape index (κ3) is 5.02. The van der Waals surface area contributed by atoms with E-state index in [0.29, 0.717) is 28.4 Å². The Morgan fingerprint density at radius 1 is 0.786 bits per heavy atom. The van der Waals surface area contributed by atoms with Gasteiger partial charge in [0.05, 0.1) is 13.7 Å². The Morgan fingerprint density at radius 3 is 2.29 bits per heavy atom. The smallest absolute Gasteiger partial charge is 0.202 e. The largest absolute Gasteiger partial charge is 0.507 e. The van der Waals surface area contributed by atoms with Gasteiger partial charge in [0.2, 0.25) is 5.78 Å². The highest BCUT2D eigenvalue weighted by atomic mass is 16.6. The molecule has 0 radical (unpaired) electrons. The van der Waals surface area contributed by atoms with Crippen LogP contribution in [0.25, 0.3) is 0 Å². The molecule has 0 saturated carbocycles. The number of phenolic OH excluding ortho intramolecular Hbond substituents is 2. The Balaban J connectivity index is 1.28. The number of aromatic hydroxyl groups is 2. The van der Waals surface area contributed by atoms with E-state index >= 15 is 0 Å². The van der Waals surface area contributed by atoms with Crippen LogP contribution in [-0.4, -0.2) is 52.1 Å². The molecular weight excluding hydrogens is 544 g/mol. The van der Waals surface area contributed by atoms with Gasteiger partial charge in [-0.15, -0.1) is 0 Å². The number of ketones is 1. The highest BCUT2D eigenvalue weighted by molar-refractivity contribution is 6.05. The molecule has 0 amide bonds. The first-order valence-corrected chi connectivity index (χ1v) is 13.2. The van der Waals surface area contributed by atoms with Gasteiger partial charge in [0.25, 0.3) is 0 Å². The minimum atomic E-state index is -1.61. The summed E-state index contributed by atoms with van der Waals surface area (Å²) in [5.41, 5.74) is 1.80. The van der Waals surface area contributed by atoms with Crippen LogP contribution in [0.1, 0.15) is 39.3 Å². The number of hydrogen-bond acceptors (Lipinski definition) is 10. The van der Waals surface area contributed by atoms with Gasteiger partial charge in [0.1, 0.15) is 29.4 Å². The van der Waals surface area contributed by atoms with E-state index in [9.17, 15) is 25.2 Å². The van der Waals surface area contributed by atoms with Crippen LogP contribution in [0.15, 0.2) is 78.9 Å². The molecule has 4 atom stereocenters. The van der Waals surface area contributed by atoms with Gasteiger partial charge in [-0.2, -0.15) is 0 Å². The lowest BCUT2D eigenvalue weighted by atomic mass is 9.92. The molecule has 0 fully saturated rings. The minimum absolute atomic E-state index is 0.0470. The third-order valence-electron chi connectivity index (χ3n) is 7.24. The average molecular weight is 573 g/mol. The number of aliphatic hydroxyl groups is 2. The van der Waals surface area contributed by atoms with Crippen LogP contribution < -0.4 is 23.7 Å². The predicted octanol–water partition coefficient (Wildman–Crippen LogP) is 4.24. The van der Waals surface area contributed by atoms with Crippen molar-refractivity contribution in [3.63, 3.8) is 0 Å². The molecule has 2 unspecified atom stereocenters. The van der Waals surface area contributed by atoms with E-state index in [0.717, 1.165) is 5.56 Å². The Labute approximate surface area is 240 Å². The summed E-state index contributed by atoms with van der Waals surface area (Å²) in [6.45, 7) is -0.104. The van der Waals surface area contributed by atoms with Gasteiger partial charge in [0, 0.05) is 17.7 Å². The van der Waals surface area contributed by atoms with E-state index in [1.54, 1.807) is 30.3 Å². The van der Waals surface area contributed by atoms with E-state index in [1.165, 1.54) is 25.3 Å². The molecule has 4 aromatic carbocycles. The fraction of sp³-hybridized carbons (Fsp3) is 0.219. The van der Waals surface area contributed by atoms with Crippen LogP contribution in [0.3, 0.4) is 0 Å². The van der Waals surface area contributed by atoms with E-state index in [-0.39, 0.29) is 41.8 Å². The van der Waals surface area contributed by atoms with Crippen LogP contribution >= 0.6 is 0 Å². The summed E-state index contributed by atoms with van der Waals surface area (Å²) in [6.07, 6.45) is -4.23. The Morgan fingerprint density at radius 2 is 1.52 bits per heavy atom. The number of methoxy groups -OCH3 is 1. The molecule has 2 aliphatic rings. The van der Waals surface area contributed by atoms with E-state index in [2.05, 4.69) is 0 Å². The summed E-state index contributed by atoms with van der Waals surface area (Å²) in [7, 11) is 1.43. The number of ether oxygens (including phenoxy) is 5. The fourth-order valence-corrected chi connectivity index (χ4v) is 5.09. The SMILES string of the molecule is COc1cc(C2Oc3cc([C@H]4Oc5cc(OCc6ccccc6)cc(O)c5C(=O)[C@@H]4O)ccc3OC2CO)ccc1O. The zero-order valence-electron chi connectivity index (χ0n) is 22.5. The fourth-order valence-electron chi connectivity index (χ4n) is 5.09. The number of aliphatic hydroxyl groups excluding tert-OH is 2. The van der Waals surface area contributed by atoms with Crippen molar-refractivity contribution >= 4 is 5.78 Å². The Bertz CT molecular complexity index is 1620. The third-order valence-corrected chi connectivity index (χ3v) is 7.24. The first-order valence-electron chi connectivity index (χ1n) is 13.2. The number of phenols is 2. The van der Waals surface area contributed by atoms with Gasteiger partial charge in [-0.05, 0) is 35.4 Å². The molecule has 10 nitrogen and oxygen atoms in total. The number of hydrogen-bond donors (Lipinski definition) is 4. The first kappa shape index (κ1) is 27.3. The quantitative estimate of drug-likeness (QED) is 0.254. The van der Waals surface area contributed by atoms with Crippen molar-refractivity contribution < 1.29 is 48.9 Å². The monoisotopic (exact) mass is 572 g/mol. The van der Waals surface area contributed by atoms with Gasteiger partial charge in [-0.25, -0.2) is 0 Å². The molecule has 6 rings (SSSR count). The van der Waals surface area contributed by atoms with Gasteiger partial charge in [-0.3, -0.25) is 4.79 Å². The maximum absolute atomic E-state index is 13.2. The topological polar surface area (TPSA) is 144 Å². The van der Waals surface area contributed by atoms with Gasteiger partial charge in [-0.1, -0.05) is 42.5 Å². The van der Waals surface area contributed by atoms with E-state index < -0.39 is 30.2 Å². The zero-order chi connectivity index (χ0) is 29.4. The zero-order valence-corrected chi connectivity index (χ0v) is 22.5. The average Bonchev–Trinajstić information content (AvgIpc) is 3.01. The first-order chi connectivity index (χ1) is 20.4. The molecule has 216 valence electrons. The van der Waals surface area contributed by atoms with Crippen LogP contribution in [-0.2, 0) is 6.61 Å². The molecule has 0 spiro atoms. The molecule has 0 bridgehead atoms. The summed E-state index contributed by atoms with van der Waals surface area (Å²) in [5.74, 6) is 0.148. The summed E-state index contributed by atoms with van der Waals surface area (Å²) in [4.78, 5) is 13.2. The maximum Gasteiger partial charge on any atom is 0.202 e. The summed E-state index contributed by atoms with van der Waals surface area (Å²) < 4.78 is 29.3. The van der Waals surface area contributed by atoms with Crippen molar-refractivity contribution in [3.05, 3.63) is 101 Å². The molecule has 42 heavy (non-hydrogen) atoms. The van der Waals surface area contributed by atoms with Crippen molar-refractivity contribution in [2.75, 3.05) is 13.7 Å². The molecule has 4 aromatic rings. The predicted molar refractivity (Wildman–Crippen MR) is 149 cm³/mol. The highest BCUT2D eigenvalue weighted by Crippen LogP contribution is 2.46. The number of benzene rings is 4. The standard InChI is InChI=1S/C32H28O10/c1-38-24-11-18(7-9-21(24)34)31-27(15-33)40-23-10-8-19(12-25(23)41-31)32-30(37)29(36)28-22(35)13-20(14-26(28)42-32)39-16-17-5-3-2-4-6-17/h2-14,27,30-35,37H,15-16H2,1H3/t27?,30-,31?,32+/m0/s1. The van der Waals surface area contributed by atoms with Crippen LogP contribution in [0.5, 0.6) is 40.2 Å². The summed E-state index contributed by atoms with van der Waals surface area (Å²) in [5, 5.41) is 41.5. The van der Waals surface area contributed by atoms with Crippen LogP contribution in [0, 0.1) is 0 Å². The number of carbonyl (C=O) groups is 1. The lowest BCUT2D eigenvalue weighted by Crippen LogP contribution is -2.37. The van der Waals surface area contributed by atoms with E-state index in [4.69, 9.17) is 23.7 Å². The van der Waals surface area contributed by atoms with Crippen molar-refractivity contribution in [2.24, 2.45) is 0 Å². The molecule has 0 saturated heterocycles. The van der Waals surface area contributed by atoms with Crippen molar-refractivity contribution in [1.29, 1.82) is 0 Å². The molecule has 10 heteroatoms. The van der Waals surface area contributed by atoms with Crippen LogP contribution in [0.2, 0.25) is 0 Å². The van der Waals surface area contributed by atoms with Crippen LogP contribution in [0.4, 0.5) is 0 Å². The van der Waals surface area contributed by atoms with Crippen molar-refractivity contribution in [1.82, 2.24) is 0 Å². The number of rotatable bonds is 7. The Hall–Kier alpha value is -4.93. The summed E-state index contributed by atoms with van der Waals surface area (Å²) in [6, 6.07) is 21.8. The molecule has 4 N–H and O–H groups in total. The number of carbonyl (C=O) groups excluding carboxylic acids is 1. The molecule has 2 heterocycles. The molecule has 2 aliphatic heterocycles. The second-order valence-corrected chi connectivity index (χ2v) is 9.95. The number of Topliss-reactive ketones (excluding diaryl/α,β-unsaturated/α-hetero) is 1. The minimum Gasteiger partial charge on any atom is -0.507 e. The lowest BCUT2D eigenvalue weighted by molar-refractivity contribution is -0.0130. The Kier molecular flexibility index (Phi) is 7.24. The second kappa shape index (κ2) is 11.2. The van der Waals surface area contributed by atoms with Crippen molar-refractivity contribution in [2.45, 2.75) is 31.0 Å². The van der Waals surface area contributed by atoms with Gasteiger partial charge < -0.3 is 44.1 Å². The molecule has 0 aromatic heterocycles.